The van der Waals surface area contributed by atoms with Crippen molar-refractivity contribution in [2.75, 3.05) is 26.2 Å². The molecule has 2 heterocycles. The zero-order chi connectivity index (χ0) is 13.5. The lowest BCUT2D eigenvalue weighted by Gasteiger charge is -2.28. The molecule has 19 heavy (non-hydrogen) atoms. The van der Waals surface area contributed by atoms with E-state index in [0.717, 1.165) is 19.6 Å². The van der Waals surface area contributed by atoms with Gasteiger partial charge in [0, 0.05) is 25.2 Å². The number of likely N-dealkylation sites (tertiary alicyclic amines) is 1. The largest absolute Gasteiger partial charge is 0.354 e. The maximum absolute atomic E-state index is 12.0. The van der Waals surface area contributed by atoms with Crippen molar-refractivity contribution in [2.24, 2.45) is 5.92 Å². The van der Waals surface area contributed by atoms with Crippen molar-refractivity contribution in [3.05, 3.63) is 12.4 Å². The minimum Gasteiger partial charge on any atom is -0.354 e. The third-order valence-corrected chi connectivity index (χ3v) is 3.54. The Kier molecular flexibility index (Phi) is 5.32. The van der Waals surface area contributed by atoms with Gasteiger partial charge in [-0.05, 0) is 25.9 Å². The van der Waals surface area contributed by atoms with Gasteiger partial charge in [0.1, 0.15) is 0 Å². The monoisotopic (exact) mass is 265 g/mol. The molecule has 1 fully saturated rings. The number of aromatic nitrogens is 3. The standard InChI is InChI=1S/C13H23N5O/c1-12(11-17-7-3-2-4-8-17)13(19)14-5-9-18-10-6-15-16-18/h6,10,12H,2-5,7-9,11H2,1H3,(H,14,19)/t12-/m1/s1. The maximum Gasteiger partial charge on any atom is 0.224 e. The molecule has 1 saturated heterocycles. The summed E-state index contributed by atoms with van der Waals surface area (Å²) in [5.74, 6) is 0.180. The highest BCUT2D eigenvalue weighted by Gasteiger charge is 2.18. The summed E-state index contributed by atoms with van der Waals surface area (Å²) in [6.07, 6.45) is 7.29. The van der Waals surface area contributed by atoms with E-state index in [9.17, 15) is 4.79 Å². The van der Waals surface area contributed by atoms with Crippen LogP contribution in [0.4, 0.5) is 0 Å². The summed E-state index contributed by atoms with van der Waals surface area (Å²) in [6, 6.07) is 0. The molecule has 1 aliphatic heterocycles. The Hall–Kier alpha value is -1.43. The van der Waals surface area contributed by atoms with Crippen molar-refractivity contribution in [2.45, 2.75) is 32.7 Å². The predicted octanol–water partition coefficient (Wildman–Crippen LogP) is 0.516. The summed E-state index contributed by atoms with van der Waals surface area (Å²) in [7, 11) is 0. The molecule has 0 spiro atoms. The van der Waals surface area contributed by atoms with Crippen LogP contribution in [0.2, 0.25) is 0 Å². The second kappa shape index (κ2) is 7.23. The molecule has 0 aliphatic carbocycles. The van der Waals surface area contributed by atoms with Crippen molar-refractivity contribution in [3.63, 3.8) is 0 Å². The highest BCUT2D eigenvalue weighted by molar-refractivity contribution is 5.78. The number of amides is 1. The molecule has 1 amide bonds. The fourth-order valence-electron chi connectivity index (χ4n) is 2.43. The quantitative estimate of drug-likeness (QED) is 0.814. The molecule has 1 aromatic heterocycles. The fraction of sp³-hybridized carbons (Fsp3) is 0.769. The van der Waals surface area contributed by atoms with Gasteiger partial charge in [0.2, 0.25) is 5.91 Å². The van der Waals surface area contributed by atoms with E-state index >= 15 is 0 Å². The number of nitrogens with one attached hydrogen (secondary N) is 1. The number of piperidine rings is 1. The Morgan fingerprint density at radius 2 is 2.16 bits per heavy atom. The molecule has 1 aromatic rings. The van der Waals surface area contributed by atoms with Crippen LogP contribution < -0.4 is 5.32 Å². The third-order valence-electron chi connectivity index (χ3n) is 3.54. The van der Waals surface area contributed by atoms with Gasteiger partial charge in [0.05, 0.1) is 12.7 Å². The van der Waals surface area contributed by atoms with Crippen LogP contribution in [0.3, 0.4) is 0 Å². The summed E-state index contributed by atoms with van der Waals surface area (Å²) >= 11 is 0. The van der Waals surface area contributed by atoms with Gasteiger partial charge in [0.25, 0.3) is 0 Å². The molecule has 0 bridgehead atoms. The number of nitrogens with zero attached hydrogens (tertiary/aromatic N) is 4. The van der Waals surface area contributed by atoms with Gasteiger partial charge in [-0.25, -0.2) is 0 Å². The summed E-state index contributed by atoms with van der Waals surface area (Å²) in [6.45, 7) is 6.41. The number of hydrogen-bond donors (Lipinski definition) is 1. The molecular formula is C13H23N5O. The first-order valence-electron chi connectivity index (χ1n) is 7.10. The molecule has 1 aliphatic rings. The number of hydrogen-bond acceptors (Lipinski definition) is 4. The molecule has 0 saturated carbocycles. The van der Waals surface area contributed by atoms with Crippen LogP contribution in [0.1, 0.15) is 26.2 Å². The van der Waals surface area contributed by atoms with E-state index in [2.05, 4.69) is 20.5 Å². The van der Waals surface area contributed by atoms with Crippen molar-refractivity contribution < 1.29 is 4.79 Å². The summed E-state index contributed by atoms with van der Waals surface area (Å²) < 4.78 is 1.72. The Morgan fingerprint density at radius 1 is 1.37 bits per heavy atom. The average molecular weight is 265 g/mol. The van der Waals surface area contributed by atoms with Crippen LogP contribution >= 0.6 is 0 Å². The lowest BCUT2D eigenvalue weighted by atomic mass is 10.1. The average Bonchev–Trinajstić information content (AvgIpc) is 2.93. The zero-order valence-electron chi connectivity index (χ0n) is 11.6. The molecule has 0 unspecified atom stereocenters. The van der Waals surface area contributed by atoms with Gasteiger partial charge in [-0.1, -0.05) is 18.6 Å². The lowest BCUT2D eigenvalue weighted by Crippen LogP contribution is -2.40. The van der Waals surface area contributed by atoms with Crippen LogP contribution in [0, 0.1) is 5.92 Å². The predicted molar refractivity (Wildman–Crippen MR) is 72.5 cm³/mol. The second-order valence-corrected chi connectivity index (χ2v) is 5.22. The molecule has 0 aromatic carbocycles. The van der Waals surface area contributed by atoms with Crippen LogP contribution in [0.5, 0.6) is 0 Å². The second-order valence-electron chi connectivity index (χ2n) is 5.22. The van der Waals surface area contributed by atoms with Gasteiger partial charge in [-0.3, -0.25) is 9.48 Å². The van der Waals surface area contributed by atoms with E-state index in [1.54, 1.807) is 17.1 Å². The van der Waals surface area contributed by atoms with E-state index in [1.807, 2.05) is 6.92 Å². The van der Waals surface area contributed by atoms with Gasteiger partial charge in [-0.2, -0.15) is 0 Å². The zero-order valence-corrected chi connectivity index (χ0v) is 11.6. The van der Waals surface area contributed by atoms with Crippen LogP contribution in [-0.2, 0) is 11.3 Å². The smallest absolute Gasteiger partial charge is 0.224 e. The Balaban J connectivity index is 1.64. The van der Waals surface area contributed by atoms with Crippen LogP contribution in [0.15, 0.2) is 12.4 Å². The lowest BCUT2D eigenvalue weighted by molar-refractivity contribution is -0.125. The molecule has 106 valence electrons. The van der Waals surface area contributed by atoms with E-state index in [0.29, 0.717) is 13.1 Å². The highest BCUT2D eigenvalue weighted by atomic mass is 16.1. The molecule has 2 rings (SSSR count). The summed E-state index contributed by atoms with van der Waals surface area (Å²) in [5.41, 5.74) is 0. The minimum absolute atomic E-state index is 0.0499. The number of rotatable bonds is 6. The summed E-state index contributed by atoms with van der Waals surface area (Å²) in [5, 5.41) is 10.5. The normalized spacial score (nSPS) is 18.2. The first kappa shape index (κ1) is 14.0. The SMILES string of the molecule is C[C@H](CN1CCCCC1)C(=O)NCCn1ccnn1. The van der Waals surface area contributed by atoms with Gasteiger partial charge >= 0.3 is 0 Å². The van der Waals surface area contributed by atoms with Crippen molar-refractivity contribution >= 4 is 5.91 Å². The van der Waals surface area contributed by atoms with Gasteiger partial charge in [0.15, 0.2) is 0 Å². The molecule has 6 heteroatoms. The highest BCUT2D eigenvalue weighted by Crippen LogP contribution is 2.10. The van der Waals surface area contributed by atoms with E-state index in [-0.39, 0.29) is 11.8 Å². The van der Waals surface area contributed by atoms with E-state index < -0.39 is 0 Å². The molecule has 1 atom stereocenters. The van der Waals surface area contributed by atoms with Crippen LogP contribution in [-0.4, -0.2) is 52.0 Å². The Labute approximate surface area is 114 Å². The molecule has 1 N–H and O–H groups in total. The van der Waals surface area contributed by atoms with Crippen molar-refractivity contribution in [1.82, 2.24) is 25.2 Å². The Morgan fingerprint density at radius 3 is 2.84 bits per heavy atom. The minimum atomic E-state index is 0.0499. The topological polar surface area (TPSA) is 63.1 Å². The molecule has 0 radical (unpaired) electrons. The first-order chi connectivity index (χ1) is 9.25. The van der Waals surface area contributed by atoms with Crippen LogP contribution in [0.25, 0.3) is 0 Å². The van der Waals surface area contributed by atoms with Gasteiger partial charge in [-0.15, -0.1) is 5.10 Å². The molecular weight excluding hydrogens is 242 g/mol. The van der Waals surface area contributed by atoms with Crippen molar-refractivity contribution in [1.29, 1.82) is 0 Å². The number of carbonyl (C=O) groups is 1. The fourth-order valence-corrected chi connectivity index (χ4v) is 2.43. The van der Waals surface area contributed by atoms with Crippen molar-refractivity contribution in [3.8, 4) is 0 Å². The van der Waals surface area contributed by atoms with E-state index in [4.69, 9.17) is 0 Å². The molecule has 6 nitrogen and oxygen atoms in total. The third kappa shape index (κ3) is 4.63. The number of carbonyl (C=O) groups excluding carboxylic acids is 1. The van der Waals surface area contributed by atoms with E-state index in [1.165, 1.54) is 19.3 Å². The first-order valence-corrected chi connectivity index (χ1v) is 7.10. The Bertz CT molecular complexity index is 372. The summed E-state index contributed by atoms with van der Waals surface area (Å²) in [4.78, 5) is 14.4. The van der Waals surface area contributed by atoms with Gasteiger partial charge < -0.3 is 10.2 Å². The maximum atomic E-state index is 12.0.